The van der Waals surface area contributed by atoms with Gasteiger partial charge in [0.25, 0.3) is 5.52 Å². The Labute approximate surface area is 129 Å². The van der Waals surface area contributed by atoms with Crippen LogP contribution in [0, 0.1) is 6.92 Å². The largest absolute Gasteiger partial charge is 0.320 e. The first-order valence-electron chi connectivity index (χ1n) is 7.43. The summed E-state index contributed by atoms with van der Waals surface area (Å²) in [6, 6.07) is 17.0. The lowest BCUT2D eigenvalue weighted by molar-refractivity contribution is -0.860. The maximum atomic E-state index is 6.05. The van der Waals surface area contributed by atoms with E-state index in [9.17, 15) is 0 Å². The van der Waals surface area contributed by atoms with E-state index in [0.29, 0.717) is 0 Å². The molecule has 2 nitrogen and oxygen atoms in total. The first kappa shape index (κ1) is 14.1. The van der Waals surface area contributed by atoms with Crippen molar-refractivity contribution in [2.24, 2.45) is 0 Å². The molecule has 0 aliphatic heterocycles. The van der Waals surface area contributed by atoms with Gasteiger partial charge in [0.05, 0.1) is 5.56 Å². The van der Waals surface area contributed by atoms with E-state index in [4.69, 9.17) is 4.84 Å². The smallest absolute Gasteiger partial charge is 0.269 e. The summed E-state index contributed by atoms with van der Waals surface area (Å²) in [6.07, 6.45) is 2.22. The fourth-order valence-electron chi connectivity index (χ4n) is 2.31. The lowest BCUT2D eigenvalue weighted by atomic mass is 10.2. The molecule has 0 saturated heterocycles. The number of nitrogens with zero attached hydrogens (tertiary/aromatic N) is 1. The Kier molecular flexibility index (Phi) is 4.20. The highest BCUT2D eigenvalue weighted by Gasteiger charge is 2.24. The molecule has 0 radical (unpaired) electrons. The second-order valence-electron chi connectivity index (χ2n) is 5.23. The summed E-state index contributed by atoms with van der Waals surface area (Å²) in [5.74, 6) is 0. The van der Waals surface area contributed by atoms with Gasteiger partial charge < -0.3 is 0 Å². The maximum absolute atomic E-state index is 6.05. The van der Waals surface area contributed by atoms with Crippen molar-refractivity contribution >= 4 is 21.6 Å². The van der Waals surface area contributed by atoms with E-state index < -0.39 is 0 Å². The number of unbranched alkanes of at least 4 members (excludes halogenated alkanes) is 1. The van der Waals surface area contributed by atoms with Gasteiger partial charge in [0, 0.05) is 10.8 Å². The fourth-order valence-corrected chi connectivity index (χ4v) is 3.51. The van der Waals surface area contributed by atoms with E-state index in [2.05, 4.69) is 56.3 Å². The van der Waals surface area contributed by atoms with Crippen LogP contribution in [-0.2, 0) is 0 Å². The topological polar surface area (TPSA) is 13.1 Å². The number of aryl methyl sites for hydroxylation is 1. The summed E-state index contributed by atoms with van der Waals surface area (Å²) in [5.41, 5.74) is 3.64. The van der Waals surface area contributed by atoms with Gasteiger partial charge in [0.1, 0.15) is 4.70 Å². The molecule has 0 atom stereocenters. The number of benzene rings is 2. The van der Waals surface area contributed by atoms with Crippen molar-refractivity contribution in [3.05, 3.63) is 54.1 Å². The van der Waals surface area contributed by atoms with Gasteiger partial charge in [-0.1, -0.05) is 48.9 Å². The zero-order valence-corrected chi connectivity index (χ0v) is 13.3. The van der Waals surface area contributed by atoms with Crippen LogP contribution in [0.2, 0.25) is 0 Å². The van der Waals surface area contributed by atoms with Crippen LogP contribution >= 0.6 is 11.3 Å². The Balaban J connectivity index is 2.10. The molecule has 0 aliphatic rings. The van der Waals surface area contributed by atoms with E-state index >= 15 is 0 Å². The average molecular weight is 298 g/mol. The van der Waals surface area contributed by atoms with E-state index in [1.54, 1.807) is 11.3 Å². The molecule has 0 aliphatic carbocycles. The summed E-state index contributed by atoms with van der Waals surface area (Å²) in [7, 11) is 0. The molecule has 1 aromatic heterocycles. The van der Waals surface area contributed by atoms with Crippen molar-refractivity contribution in [2.45, 2.75) is 26.7 Å². The van der Waals surface area contributed by atoms with Gasteiger partial charge in [-0.15, -0.1) is 0 Å². The number of aromatic nitrogens is 1. The molecule has 0 spiro atoms. The monoisotopic (exact) mass is 298 g/mol. The van der Waals surface area contributed by atoms with Crippen LogP contribution in [0.5, 0.6) is 0 Å². The minimum absolute atomic E-state index is 0.751. The standard InChI is InChI=1S/C18H20NOS/c1-3-4-12-20-19-16-11-10-14(2)13-17(16)21-18(19)15-8-6-5-7-9-15/h5-11,13H,3-4,12H2,1-2H3/q+1. The van der Waals surface area contributed by atoms with Gasteiger partial charge in [-0.25, -0.2) is 0 Å². The molecule has 3 rings (SSSR count). The van der Waals surface area contributed by atoms with Crippen LogP contribution in [0.15, 0.2) is 48.5 Å². The lowest BCUT2D eigenvalue weighted by Gasteiger charge is -1.99. The van der Waals surface area contributed by atoms with Crippen molar-refractivity contribution in [3.63, 3.8) is 0 Å². The number of thiazole rings is 1. The van der Waals surface area contributed by atoms with Gasteiger partial charge in [0.2, 0.25) is 0 Å². The molecular formula is C18H20NOS+. The second-order valence-corrected chi connectivity index (χ2v) is 6.26. The van der Waals surface area contributed by atoms with Crippen molar-refractivity contribution < 1.29 is 9.57 Å². The van der Waals surface area contributed by atoms with Crippen LogP contribution in [-0.4, -0.2) is 6.61 Å². The third-order valence-corrected chi connectivity index (χ3v) is 4.61. The van der Waals surface area contributed by atoms with Gasteiger partial charge in [0.15, 0.2) is 6.61 Å². The predicted molar refractivity (Wildman–Crippen MR) is 88.5 cm³/mol. The summed E-state index contributed by atoms with van der Waals surface area (Å²) in [5, 5.41) is 1.16. The molecule has 3 heteroatoms. The van der Waals surface area contributed by atoms with Crippen molar-refractivity contribution in [3.8, 4) is 10.6 Å². The molecular weight excluding hydrogens is 278 g/mol. The van der Waals surface area contributed by atoms with Crippen LogP contribution < -0.4 is 9.57 Å². The van der Waals surface area contributed by atoms with Crippen molar-refractivity contribution in [1.29, 1.82) is 0 Å². The van der Waals surface area contributed by atoms with Crippen molar-refractivity contribution in [2.75, 3.05) is 6.61 Å². The summed E-state index contributed by atoms with van der Waals surface area (Å²) in [6.45, 7) is 5.06. The molecule has 0 N–H and O–H groups in total. The molecule has 0 unspecified atom stereocenters. The highest BCUT2D eigenvalue weighted by atomic mass is 32.1. The Morgan fingerprint density at radius 3 is 2.67 bits per heavy atom. The maximum Gasteiger partial charge on any atom is 0.320 e. The van der Waals surface area contributed by atoms with Crippen LogP contribution in [0.4, 0.5) is 0 Å². The van der Waals surface area contributed by atoms with E-state index in [0.717, 1.165) is 30.0 Å². The molecule has 21 heavy (non-hydrogen) atoms. The van der Waals surface area contributed by atoms with Crippen LogP contribution in [0.25, 0.3) is 20.8 Å². The minimum atomic E-state index is 0.751. The summed E-state index contributed by atoms with van der Waals surface area (Å²) in [4.78, 5) is 6.05. The molecule has 2 aromatic carbocycles. The highest BCUT2D eigenvalue weighted by Crippen LogP contribution is 2.28. The third kappa shape index (κ3) is 2.93. The highest BCUT2D eigenvalue weighted by molar-refractivity contribution is 7.21. The Morgan fingerprint density at radius 1 is 1.10 bits per heavy atom. The quantitative estimate of drug-likeness (QED) is 0.503. The number of hydrogen-bond donors (Lipinski definition) is 0. The van der Waals surface area contributed by atoms with E-state index in [1.165, 1.54) is 15.8 Å². The molecule has 1 heterocycles. The predicted octanol–water partition coefficient (Wildman–Crippen LogP) is 4.39. The van der Waals surface area contributed by atoms with Gasteiger partial charge in [-0.3, -0.25) is 4.84 Å². The lowest BCUT2D eigenvalue weighted by Crippen LogP contribution is -2.43. The van der Waals surface area contributed by atoms with E-state index in [-0.39, 0.29) is 0 Å². The minimum Gasteiger partial charge on any atom is -0.269 e. The summed E-state index contributed by atoms with van der Waals surface area (Å²) >= 11 is 1.79. The Morgan fingerprint density at radius 2 is 1.90 bits per heavy atom. The van der Waals surface area contributed by atoms with Crippen LogP contribution in [0.1, 0.15) is 25.3 Å². The molecule has 108 valence electrons. The second kappa shape index (κ2) is 6.27. The van der Waals surface area contributed by atoms with Gasteiger partial charge in [-0.05, 0) is 37.1 Å². The van der Waals surface area contributed by atoms with E-state index in [1.807, 2.05) is 10.8 Å². The zero-order valence-electron chi connectivity index (χ0n) is 12.5. The first-order chi connectivity index (χ1) is 10.3. The SMILES string of the molecule is CCCCO[n+]1c(-c2ccccc2)sc2cc(C)ccc21. The molecule has 0 amide bonds. The number of fused-ring (bicyclic) bond motifs is 1. The average Bonchev–Trinajstić information content (AvgIpc) is 2.86. The number of rotatable bonds is 5. The normalized spacial score (nSPS) is 11.0. The molecule has 3 aromatic rings. The fraction of sp³-hybridized carbons (Fsp3) is 0.278. The first-order valence-corrected chi connectivity index (χ1v) is 8.25. The third-order valence-electron chi connectivity index (χ3n) is 3.46. The van der Waals surface area contributed by atoms with Gasteiger partial charge >= 0.3 is 5.01 Å². The Hall–Kier alpha value is -1.87. The number of hydrogen-bond acceptors (Lipinski definition) is 2. The molecule has 0 bridgehead atoms. The molecule has 0 fully saturated rings. The Bertz CT molecular complexity index is 734. The van der Waals surface area contributed by atoms with Crippen molar-refractivity contribution in [1.82, 2.24) is 0 Å². The van der Waals surface area contributed by atoms with Crippen LogP contribution in [0.3, 0.4) is 0 Å². The summed E-state index contributed by atoms with van der Waals surface area (Å²) < 4.78 is 3.27. The zero-order chi connectivity index (χ0) is 14.7. The molecule has 0 saturated carbocycles. The van der Waals surface area contributed by atoms with Gasteiger partial charge in [-0.2, -0.15) is 0 Å².